The van der Waals surface area contributed by atoms with Crippen LogP contribution in [-0.4, -0.2) is 24.1 Å². The molecule has 2 aromatic carbocycles. The van der Waals surface area contributed by atoms with E-state index < -0.39 is 0 Å². The average molecular weight is 367 g/mol. The van der Waals surface area contributed by atoms with Crippen LogP contribution in [0, 0.1) is 27.7 Å². The minimum absolute atomic E-state index is 0.729. The zero-order valence-electron chi connectivity index (χ0n) is 16.4. The summed E-state index contributed by atoms with van der Waals surface area (Å²) in [6, 6.07) is 16.7. The number of nitrogens with zero attached hydrogens (tertiary/aromatic N) is 5. The first-order chi connectivity index (χ1) is 13.5. The Bertz CT molecular complexity index is 1360. The van der Waals surface area contributed by atoms with Crippen LogP contribution < -0.4 is 0 Å². The van der Waals surface area contributed by atoms with E-state index in [0.29, 0.717) is 0 Å². The highest BCUT2D eigenvalue weighted by molar-refractivity contribution is 5.95. The van der Waals surface area contributed by atoms with Gasteiger partial charge in [0.25, 0.3) is 0 Å². The summed E-state index contributed by atoms with van der Waals surface area (Å²) in [5.74, 6) is 0.729. The van der Waals surface area contributed by atoms with Crippen molar-refractivity contribution in [3.05, 3.63) is 77.2 Å². The third-order valence-corrected chi connectivity index (χ3v) is 5.48. The van der Waals surface area contributed by atoms with Crippen LogP contribution in [0.2, 0.25) is 0 Å². The van der Waals surface area contributed by atoms with Gasteiger partial charge in [-0.15, -0.1) is 5.10 Å². The van der Waals surface area contributed by atoms with Crippen molar-refractivity contribution < 1.29 is 0 Å². The van der Waals surface area contributed by atoms with Crippen LogP contribution in [0.3, 0.4) is 0 Å². The van der Waals surface area contributed by atoms with E-state index in [9.17, 15) is 0 Å². The Balaban J connectivity index is 1.82. The van der Waals surface area contributed by atoms with Gasteiger partial charge >= 0.3 is 0 Å². The molecule has 0 saturated carbocycles. The SMILES string of the molecule is Cc1cccc(-n2c(C)c(C)c3c2ncn2nc(-c4ccccc4C)nc32)c1. The summed E-state index contributed by atoms with van der Waals surface area (Å²) in [5.41, 5.74) is 8.65. The first kappa shape index (κ1) is 16.7. The van der Waals surface area contributed by atoms with Crippen LogP contribution >= 0.6 is 0 Å². The molecular weight excluding hydrogens is 346 g/mol. The zero-order chi connectivity index (χ0) is 19.4. The smallest absolute Gasteiger partial charge is 0.182 e. The van der Waals surface area contributed by atoms with Crippen LogP contribution in [0.4, 0.5) is 0 Å². The van der Waals surface area contributed by atoms with Gasteiger partial charge in [-0.1, -0.05) is 36.4 Å². The number of rotatable bonds is 2. The lowest BCUT2D eigenvalue weighted by atomic mass is 10.1. The molecule has 0 fully saturated rings. The van der Waals surface area contributed by atoms with Crippen LogP contribution in [0.25, 0.3) is 33.8 Å². The van der Waals surface area contributed by atoms with E-state index in [1.807, 2.05) is 12.1 Å². The Labute approximate surface area is 163 Å². The first-order valence-corrected chi connectivity index (χ1v) is 9.40. The molecular formula is C23H21N5. The van der Waals surface area contributed by atoms with Crippen molar-refractivity contribution in [1.29, 1.82) is 0 Å². The predicted molar refractivity (Wildman–Crippen MR) is 112 cm³/mol. The summed E-state index contributed by atoms with van der Waals surface area (Å²) >= 11 is 0. The molecule has 5 aromatic rings. The largest absolute Gasteiger partial charge is 0.298 e. The van der Waals surface area contributed by atoms with E-state index in [-0.39, 0.29) is 0 Å². The normalized spacial score (nSPS) is 11.6. The summed E-state index contributed by atoms with van der Waals surface area (Å²) in [7, 11) is 0. The Morgan fingerprint density at radius 2 is 1.68 bits per heavy atom. The molecule has 0 radical (unpaired) electrons. The highest BCUT2D eigenvalue weighted by atomic mass is 15.3. The van der Waals surface area contributed by atoms with E-state index in [0.717, 1.165) is 39.3 Å². The molecule has 0 aliphatic rings. The molecule has 3 aromatic heterocycles. The molecule has 5 rings (SSSR count). The molecule has 0 aliphatic heterocycles. The van der Waals surface area contributed by atoms with Gasteiger partial charge in [-0.3, -0.25) is 4.57 Å². The van der Waals surface area contributed by atoms with E-state index in [1.54, 1.807) is 10.8 Å². The lowest BCUT2D eigenvalue weighted by Crippen LogP contribution is -1.99. The molecule has 28 heavy (non-hydrogen) atoms. The summed E-state index contributed by atoms with van der Waals surface area (Å²) in [6.07, 6.45) is 1.76. The van der Waals surface area contributed by atoms with E-state index in [1.165, 1.54) is 16.8 Å². The highest BCUT2D eigenvalue weighted by Crippen LogP contribution is 2.31. The van der Waals surface area contributed by atoms with Crippen molar-refractivity contribution in [2.45, 2.75) is 27.7 Å². The van der Waals surface area contributed by atoms with Gasteiger partial charge in [-0.2, -0.15) is 0 Å². The zero-order valence-corrected chi connectivity index (χ0v) is 16.4. The summed E-state index contributed by atoms with van der Waals surface area (Å²) in [6.45, 7) is 8.46. The van der Waals surface area contributed by atoms with Gasteiger partial charge in [0.05, 0.1) is 5.39 Å². The third-order valence-electron chi connectivity index (χ3n) is 5.48. The summed E-state index contributed by atoms with van der Waals surface area (Å²) in [4.78, 5) is 9.65. The molecule has 0 amide bonds. The molecule has 138 valence electrons. The molecule has 3 heterocycles. The Morgan fingerprint density at radius 3 is 2.46 bits per heavy atom. The number of fused-ring (bicyclic) bond motifs is 3. The molecule has 0 N–H and O–H groups in total. The van der Waals surface area contributed by atoms with Gasteiger partial charge < -0.3 is 0 Å². The fraction of sp³-hybridized carbons (Fsp3) is 0.174. The maximum absolute atomic E-state index is 4.90. The molecule has 0 unspecified atom stereocenters. The molecule has 5 nitrogen and oxygen atoms in total. The molecule has 0 bridgehead atoms. The maximum Gasteiger partial charge on any atom is 0.182 e. The second kappa shape index (κ2) is 6.02. The van der Waals surface area contributed by atoms with Crippen LogP contribution in [0.15, 0.2) is 54.9 Å². The van der Waals surface area contributed by atoms with Crippen molar-refractivity contribution in [2.24, 2.45) is 0 Å². The van der Waals surface area contributed by atoms with Crippen LogP contribution in [0.1, 0.15) is 22.4 Å². The van der Waals surface area contributed by atoms with Gasteiger partial charge in [0.15, 0.2) is 17.1 Å². The lowest BCUT2D eigenvalue weighted by Gasteiger charge is -2.08. The number of hydrogen-bond donors (Lipinski definition) is 0. The monoisotopic (exact) mass is 367 g/mol. The minimum atomic E-state index is 0.729. The van der Waals surface area contributed by atoms with Crippen molar-refractivity contribution in [1.82, 2.24) is 24.1 Å². The topological polar surface area (TPSA) is 48.0 Å². The standard InChI is InChI=1S/C23H21N5/c1-14-8-7-10-18(12-14)28-17(4)16(3)20-22(28)24-13-27-23(20)25-21(26-27)19-11-6-5-9-15(19)2/h5-13H,1-4H3. The fourth-order valence-electron chi connectivity index (χ4n) is 3.88. The Morgan fingerprint density at radius 1 is 0.857 bits per heavy atom. The second-order valence-electron chi connectivity index (χ2n) is 7.35. The first-order valence-electron chi connectivity index (χ1n) is 9.40. The highest BCUT2D eigenvalue weighted by Gasteiger charge is 2.19. The van der Waals surface area contributed by atoms with E-state index in [4.69, 9.17) is 15.1 Å². The van der Waals surface area contributed by atoms with Gasteiger partial charge in [0.1, 0.15) is 6.33 Å². The summed E-state index contributed by atoms with van der Waals surface area (Å²) < 4.78 is 4.00. The molecule has 5 heteroatoms. The molecule has 0 saturated heterocycles. The van der Waals surface area contributed by atoms with Crippen molar-refractivity contribution in [2.75, 3.05) is 0 Å². The number of aryl methyl sites for hydroxylation is 3. The minimum Gasteiger partial charge on any atom is -0.298 e. The van der Waals surface area contributed by atoms with E-state index in [2.05, 4.69) is 68.7 Å². The molecule has 0 aliphatic carbocycles. The quantitative estimate of drug-likeness (QED) is 0.443. The van der Waals surface area contributed by atoms with E-state index >= 15 is 0 Å². The maximum atomic E-state index is 4.90. The summed E-state index contributed by atoms with van der Waals surface area (Å²) in [5, 5.41) is 5.74. The lowest BCUT2D eigenvalue weighted by molar-refractivity contribution is 0.926. The number of aromatic nitrogens is 5. The van der Waals surface area contributed by atoms with Crippen LogP contribution in [-0.2, 0) is 0 Å². The number of hydrogen-bond acceptors (Lipinski definition) is 3. The van der Waals surface area contributed by atoms with Crippen molar-refractivity contribution in [3.8, 4) is 17.1 Å². The third kappa shape index (κ3) is 2.36. The molecule has 0 spiro atoms. The van der Waals surface area contributed by atoms with Gasteiger partial charge in [-0.05, 0) is 56.5 Å². The van der Waals surface area contributed by atoms with Crippen molar-refractivity contribution >= 4 is 16.7 Å². The molecule has 0 atom stereocenters. The Kier molecular flexibility index (Phi) is 3.59. The van der Waals surface area contributed by atoms with Gasteiger partial charge in [0, 0.05) is 16.9 Å². The van der Waals surface area contributed by atoms with Gasteiger partial charge in [0.2, 0.25) is 0 Å². The van der Waals surface area contributed by atoms with Crippen molar-refractivity contribution in [3.63, 3.8) is 0 Å². The number of benzene rings is 2. The fourth-order valence-corrected chi connectivity index (χ4v) is 3.88. The second-order valence-corrected chi connectivity index (χ2v) is 7.35. The van der Waals surface area contributed by atoms with Crippen LogP contribution in [0.5, 0.6) is 0 Å². The predicted octanol–water partition coefficient (Wildman–Crippen LogP) is 4.97. The average Bonchev–Trinajstić information content (AvgIpc) is 3.21. The Hall–Kier alpha value is -3.47. The van der Waals surface area contributed by atoms with Gasteiger partial charge in [-0.25, -0.2) is 14.5 Å².